The van der Waals surface area contributed by atoms with Crippen molar-refractivity contribution in [2.45, 2.75) is 64.6 Å². The lowest BCUT2D eigenvalue weighted by molar-refractivity contribution is -0.130. The SMILES string of the molecule is C=C(C)C1CC=C(C)[C@](O)(C2(O)C[C@H](C(=C)C)CC=C2C)C1. The molecule has 0 aromatic carbocycles. The van der Waals surface area contributed by atoms with E-state index >= 15 is 0 Å². The van der Waals surface area contributed by atoms with Gasteiger partial charge in [0, 0.05) is 0 Å². The molecule has 0 amide bonds. The van der Waals surface area contributed by atoms with Gasteiger partial charge in [-0.3, -0.25) is 0 Å². The Morgan fingerprint density at radius 2 is 1.23 bits per heavy atom. The summed E-state index contributed by atoms with van der Waals surface area (Å²) in [6.07, 6.45) is 7.00. The molecule has 2 rings (SSSR count). The molecule has 0 fully saturated rings. The molecule has 4 atom stereocenters. The molecule has 2 N–H and O–H groups in total. The fourth-order valence-corrected chi connectivity index (χ4v) is 3.92. The third-order valence-corrected chi connectivity index (χ3v) is 5.88. The van der Waals surface area contributed by atoms with E-state index in [0.29, 0.717) is 12.8 Å². The Labute approximate surface area is 134 Å². The first kappa shape index (κ1) is 17.2. The molecule has 2 aliphatic rings. The predicted octanol–water partition coefficient (Wildman–Crippen LogP) is 4.31. The maximum atomic E-state index is 11.5. The van der Waals surface area contributed by atoms with Gasteiger partial charge in [-0.05, 0) is 76.4 Å². The quantitative estimate of drug-likeness (QED) is 0.763. The average Bonchev–Trinajstić information content (AvgIpc) is 2.44. The van der Waals surface area contributed by atoms with Crippen LogP contribution < -0.4 is 0 Å². The van der Waals surface area contributed by atoms with E-state index in [-0.39, 0.29) is 11.8 Å². The van der Waals surface area contributed by atoms with Crippen molar-refractivity contribution in [3.63, 3.8) is 0 Å². The standard InChI is InChI=1S/C20H30O2/c1-13(2)17-9-7-15(5)19(21,11-17)20(22)12-18(14(3)4)10-8-16(20)6/h7-8,17-18,21-22H,1,3,9-12H2,2,4-6H3/t17-,18?,19?,20+/m1/s1. The molecule has 122 valence electrons. The van der Waals surface area contributed by atoms with Crippen molar-refractivity contribution in [3.8, 4) is 0 Å². The predicted molar refractivity (Wildman–Crippen MR) is 92.5 cm³/mol. The van der Waals surface area contributed by atoms with Gasteiger partial charge in [-0.25, -0.2) is 0 Å². The monoisotopic (exact) mass is 302 g/mol. The molecule has 0 aromatic heterocycles. The maximum absolute atomic E-state index is 11.5. The Bertz CT molecular complexity index is 504. The average molecular weight is 302 g/mol. The Balaban J connectivity index is 2.45. The minimum absolute atomic E-state index is 0.218. The van der Waals surface area contributed by atoms with Gasteiger partial charge in [0.1, 0.15) is 11.2 Å². The molecule has 0 spiro atoms. The first-order chi connectivity index (χ1) is 10.1. The minimum Gasteiger partial charge on any atom is -0.382 e. The summed E-state index contributed by atoms with van der Waals surface area (Å²) in [5.41, 5.74) is 1.46. The molecule has 2 heteroatoms. The van der Waals surface area contributed by atoms with Gasteiger partial charge in [0.05, 0.1) is 0 Å². The Hall–Kier alpha value is -1.12. The van der Waals surface area contributed by atoms with Crippen LogP contribution in [0.2, 0.25) is 0 Å². The van der Waals surface area contributed by atoms with Gasteiger partial charge < -0.3 is 10.2 Å². The second-order valence-electron chi connectivity index (χ2n) is 7.46. The van der Waals surface area contributed by atoms with Gasteiger partial charge in [0.2, 0.25) is 0 Å². The summed E-state index contributed by atoms with van der Waals surface area (Å²) in [5.74, 6) is 0.437. The van der Waals surface area contributed by atoms with Crippen LogP contribution in [0.5, 0.6) is 0 Å². The first-order valence-corrected chi connectivity index (χ1v) is 8.22. The van der Waals surface area contributed by atoms with Gasteiger partial charge >= 0.3 is 0 Å². The normalized spacial score (nSPS) is 39.0. The maximum Gasteiger partial charge on any atom is 0.118 e. The summed E-state index contributed by atoms with van der Waals surface area (Å²) in [7, 11) is 0. The minimum atomic E-state index is -1.22. The van der Waals surface area contributed by atoms with E-state index in [9.17, 15) is 10.2 Å². The molecule has 0 aromatic rings. The van der Waals surface area contributed by atoms with Crippen molar-refractivity contribution in [1.29, 1.82) is 0 Å². The summed E-state index contributed by atoms with van der Waals surface area (Å²) in [6, 6.07) is 0. The van der Waals surface area contributed by atoms with Crippen molar-refractivity contribution in [1.82, 2.24) is 0 Å². The van der Waals surface area contributed by atoms with Crippen molar-refractivity contribution in [2.24, 2.45) is 11.8 Å². The lowest BCUT2D eigenvalue weighted by Crippen LogP contribution is -2.59. The van der Waals surface area contributed by atoms with Crippen molar-refractivity contribution >= 4 is 0 Å². The van der Waals surface area contributed by atoms with Gasteiger partial charge in [-0.15, -0.1) is 0 Å². The first-order valence-electron chi connectivity index (χ1n) is 8.22. The number of aliphatic hydroxyl groups is 2. The van der Waals surface area contributed by atoms with Crippen molar-refractivity contribution in [3.05, 3.63) is 47.6 Å². The highest BCUT2D eigenvalue weighted by molar-refractivity contribution is 5.37. The highest BCUT2D eigenvalue weighted by atomic mass is 16.4. The Kier molecular flexibility index (Phi) is 4.56. The van der Waals surface area contributed by atoms with E-state index in [1.807, 2.05) is 27.7 Å². The number of rotatable bonds is 3. The molecule has 0 radical (unpaired) electrons. The van der Waals surface area contributed by atoms with Crippen LogP contribution in [0.4, 0.5) is 0 Å². The van der Waals surface area contributed by atoms with E-state index in [1.165, 1.54) is 0 Å². The summed E-state index contributed by atoms with van der Waals surface area (Å²) in [5, 5.41) is 23.0. The van der Waals surface area contributed by atoms with Crippen molar-refractivity contribution < 1.29 is 10.2 Å². The third-order valence-electron chi connectivity index (χ3n) is 5.88. The largest absolute Gasteiger partial charge is 0.382 e. The van der Waals surface area contributed by atoms with Crippen LogP contribution >= 0.6 is 0 Å². The second kappa shape index (κ2) is 5.82. The van der Waals surface area contributed by atoms with Crippen LogP contribution in [-0.4, -0.2) is 21.4 Å². The van der Waals surface area contributed by atoms with Crippen molar-refractivity contribution in [2.75, 3.05) is 0 Å². The number of allylic oxidation sites excluding steroid dienone is 4. The zero-order chi connectivity index (χ0) is 16.7. The summed E-state index contributed by atoms with van der Waals surface area (Å²) >= 11 is 0. The van der Waals surface area contributed by atoms with E-state index < -0.39 is 11.2 Å². The fourth-order valence-electron chi connectivity index (χ4n) is 3.92. The van der Waals surface area contributed by atoms with E-state index in [0.717, 1.165) is 35.1 Å². The molecule has 2 nitrogen and oxygen atoms in total. The summed E-state index contributed by atoms with van der Waals surface area (Å²) < 4.78 is 0. The van der Waals surface area contributed by atoms with Gasteiger partial charge in [0.25, 0.3) is 0 Å². The number of hydrogen-bond donors (Lipinski definition) is 2. The molecule has 0 bridgehead atoms. The molecule has 2 aliphatic carbocycles. The molecule has 0 heterocycles. The third kappa shape index (κ3) is 2.63. The smallest absolute Gasteiger partial charge is 0.118 e. The number of hydrogen-bond acceptors (Lipinski definition) is 2. The van der Waals surface area contributed by atoms with Crippen LogP contribution in [0, 0.1) is 11.8 Å². The molecule has 0 aliphatic heterocycles. The van der Waals surface area contributed by atoms with Crippen LogP contribution in [0.25, 0.3) is 0 Å². The topological polar surface area (TPSA) is 40.5 Å². The van der Waals surface area contributed by atoms with Gasteiger partial charge in [0.15, 0.2) is 0 Å². The zero-order valence-corrected chi connectivity index (χ0v) is 14.4. The summed E-state index contributed by atoms with van der Waals surface area (Å²) in [6.45, 7) is 16.0. The molecular formula is C20H30O2. The van der Waals surface area contributed by atoms with Gasteiger partial charge in [-0.1, -0.05) is 36.5 Å². The van der Waals surface area contributed by atoms with Crippen LogP contribution in [0.3, 0.4) is 0 Å². The highest BCUT2D eigenvalue weighted by Gasteiger charge is 2.55. The molecular weight excluding hydrogens is 272 g/mol. The molecule has 0 saturated heterocycles. The van der Waals surface area contributed by atoms with E-state index in [4.69, 9.17) is 0 Å². The molecule has 0 saturated carbocycles. The van der Waals surface area contributed by atoms with Crippen LogP contribution in [0.15, 0.2) is 47.6 Å². The lowest BCUT2D eigenvalue weighted by atomic mass is 9.60. The Morgan fingerprint density at radius 3 is 1.50 bits per heavy atom. The van der Waals surface area contributed by atoms with E-state index in [1.54, 1.807) is 0 Å². The summed E-state index contributed by atoms with van der Waals surface area (Å²) in [4.78, 5) is 0. The Morgan fingerprint density at radius 1 is 0.909 bits per heavy atom. The molecule has 22 heavy (non-hydrogen) atoms. The lowest BCUT2D eigenvalue weighted by Gasteiger charge is -2.51. The fraction of sp³-hybridized carbons (Fsp3) is 0.600. The zero-order valence-electron chi connectivity index (χ0n) is 14.4. The van der Waals surface area contributed by atoms with E-state index in [2.05, 4.69) is 25.3 Å². The second-order valence-corrected chi connectivity index (χ2v) is 7.46. The molecule has 2 unspecified atom stereocenters. The van der Waals surface area contributed by atoms with Crippen LogP contribution in [0.1, 0.15) is 53.4 Å². The van der Waals surface area contributed by atoms with Crippen LogP contribution in [-0.2, 0) is 0 Å². The van der Waals surface area contributed by atoms with Gasteiger partial charge in [-0.2, -0.15) is 0 Å². The highest BCUT2D eigenvalue weighted by Crippen LogP contribution is 2.50.